The largest absolute Gasteiger partial charge is 0.496 e. The van der Waals surface area contributed by atoms with Crippen LogP contribution in [-0.2, 0) is 10.8 Å². The number of hydrogen-bond acceptors (Lipinski definition) is 17. The number of benzene rings is 2. The molecule has 0 bridgehead atoms. The number of rotatable bonds is 12. The van der Waals surface area contributed by atoms with Gasteiger partial charge in [-0.3, -0.25) is 39.5 Å². The molecule has 324 valence electrons. The van der Waals surface area contributed by atoms with Crippen molar-refractivity contribution in [2.45, 2.75) is 39.5 Å². The smallest absolute Gasteiger partial charge is 0.295 e. The molecule has 0 saturated heterocycles. The quantitative estimate of drug-likeness (QED) is 0.0662. The Labute approximate surface area is 371 Å². The van der Waals surface area contributed by atoms with Crippen molar-refractivity contribution in [3.63, 3.8) is 0 Å². The average molecular weight is 935 g/mol. The summed E-state index contributed by atoms with van der Waals surface area (Å²) < 4.78 is 32.6. The van der Waals surface area contributed by atoms with E-state index in [1.807, 2.05) is 34.6 Å². The van der Waals surface area contributed by atoms with Crippen LogP contribution in [0.2, 0.25) is 10.2 Å². The molecule has 0 aliphatic carbocycles. The van der Waals surface area contributed by atoms with Crippen LogP contribution in [0, 0.1) is 17.0 Å². The van der Waals surface area contributed by atoms with Gasteiger partial charge in [0.1, 0.15) is 16.7 Å². The maximum absolute atomic E-state index is 12.9. The fraction of sp³-hybridized carbons (Fsp3) is 0.263. The van der Waals surface area contributed by atoms with Crippen molar-refractivity contribution in [1.29, 1.82) is 0 Å². The van der Waals surface area contributed by atoms with Crippen molar-refractivity contribution in [1.82, 2.24) is 30.4 Å². The van der Waals surface area contributed by atoms with E-state index in [-0.39, 0.29) is 32.3 Å². The minimum atomic E-state index is -1.29. The summed E-state index contributed by atoms with van der Waals surface area (Å²) >= 11 is 14.4. The van der Waals surface area contributed by atoms with E-state index < -0.39 is 27.5 Å². The van der Waals surface area contributed by atoms with Gasteiger partial charge < -0.3 is 18.9 Å². The lowest BCUT2D eigenvalue weighted by Gasteiger charge is -2.15. The number of aryl methyl sites for hydroxylation is 1. The third-order valence-corrected chi connectivity index (χ3v) is 10.7. The number of nitro groups is 1. The molecule has 18 nitrogen and oxygen atoms in total. The number of anilines is 2. The summed E-state index contributed by atoms with van der Waals surface area (Å²) in [6.45, 7) is 9.81. The molecule has 2 aromatic carbocycles. The molecule has 0 saturated carbocycles. The Morgan fingerprint density at radius 2 is 1.25 bits per heavy atom. The van der Waals surface area contributed by atoms with Crippen molar-refractivity contribution < 1.29 is 37.7 Å². The summed E-state index contributed by atoms with van der Waals surface area (Å²) in [7, 11) is 4.52. The number of nitrogens with zero attached hydrogens (tertiary/aromatic N) is 7. The molecule has 6 aromatic rings. The molecular formula is C38H41Cl2N9O9S3. The lowest BCUT2D eigenvalue weighted by Crippen LogP contribution is -2.14. The summed E-state index contributed by atoms with van der Waals surface area (Å²) in [6, 6.07) is 10.3. The van der Waals surface area contributed by atoms with Gasteiger partial charge in [0.15, 0.2) is 0 Å². The second kappa shape index (κ2) is 23.8. The van der Waals surface area contributed by atoms with E-state index in [9.17, 15) is 23.9 Å². The molecule has 1 unspecified atom stereocenters. The predicted molar refractivity (Wildman–Crippen MR) is 238 cm³/mol. The molecule has 4 aromatic heterocycles. The number of nitrogens with one attached hydrogen (secondary N) is 2. The highest BCUT2D eigenvalue weighted by atomic mass is 35.5. The summed E-state index contributed by atoms with van der Waals surface area (Å²) in [5.74, 6) is -0.223. The topological polar surface area (TPSA) is 233 Å². The van der Waals surface area contributed by atoms with Crippen LogP contribution in [0.5, 0.6) is 21.9 Å². The fourth-order valence-electron chi connectivity index (χ4n) is 4.97. The number of carbonyl (C=O) groups is 2. The fourth-order valence-corrected chi connectivity index (χ4v) is 7.34. The number of non-ortho nitro benzene ring substituents is 1. The first-order valence-electron chi connectivity index (χ1n) is 17.8. The van der Waals surface area contributed by atoms with Crippen LogP contribution in [0.15, 0.2) is 59.8 Å². The van der Waals surface area contributed by atoms with Crippen LogP contribution in [0.4, 0.5) is 16.0 Å². The van der Waals surface area contributed by atoms with Crippen LogP contribution in [-0.4, -0.2) is 86.0 Å². The van der Waals surface area contributed by atoms with Crippen LogP contribution < -0.4 is 29.6 Å². The number of halogens is 2. The minimum Gasteiger partial charge on any atom is -0.496 e. The number of carbonyl (C=O) groups excluding carboxylic acids is 2. The molecule has 0 fully saturated rings. The zero-order valence-corrected chi connectivity index (χ0v) is 38.4. The van der Waals surface area contributed by atoms with Gasteiger partial charge in [-0.25, -0.2) is 4.98 Å². The van der Waals surface area contributed by atoms with Crippen molar-refractivity contribution >= 4 is 84.4 Å². The standard InChI is InChI=1S/C18H17ClN4O4S2.C16H12ClN5O5S.2C2H6/c1-9-5-10(11-6-13(19)15(29(4)25)7-14(11)26-2)12(8-20-9)16(24)21-17-22-23-18(27-3)28-17;1-26-12-7-18-13(17)6-11(12)10-5-8(22(24)25)3-4-9(10)14(23)19-15-20-21-16(27-2)28-15;2*1-2/h5-8H,1-4H3,(H,21,22,24);3-7H,1-2H3,(H,19,20,23);2*1-2H3. The second-order valence-electron chi connectivity index (χ2n) is 11.1. The molecule has 0 aliphatic rings. The van der Waals surface area contributed by atoms with Crippen LogP contribution in [0.3, 0.4) is 0 Å². The summed E-state index contributed by atoms with van der Waals surface area (Å²) in [5, 5.41) is 33.3. The molecule has 61 heavy (non-hydrogen) atoms. The van der Waals surface area contributed by atoms with E-state index in [0.717, 1.165) is 22.7 Å². The molecule has 0 aliphatic heterocycles. The van der Waals surface area contributed by atoms with E-state index >= 15 is 0 Å². The minimum absolute atomic E-state index is 0.141. The highest BCUT2D eigenvalue weighted by Crippen LogP contribution is 2.39. The molecule has 0 radical (unpaired) electrons. The normalized spacial score (nSPS) is 10.6. The Hall–Kier alpha value is -5.87. The Balaban J connectivity index is 0.000000301. The van der Waals surface area contributed by atoms with Gasteiger partial charge in [-0.1, -0.05) is 61.1 Å². The van der Waals surface area contributed by atoms with Crippen LogP contribution in [0.1, 0.15) is 54.1 Å². The maximum Gasteiger partial charge on any atom is 0.295 e. The zero-order chi connectivity index (χ0) is 45.4. The molecule has 4 heterocycles. The van der Waals surface area contributed by atoms with Crippen LogP contribution in [0.25, 0.3) is 22.3 Å². The van der Waals surface area contributed by atoms with E-state index in [1.165, 1.54) is 71.4 Å². The van der Waals surface area contributed by atoms with Gasteiger partial charge in [0.05, 0.1) is 65.8 Å². The van der Waals surface area contributed by atoms with Gasteiger partial charge in [0, 0.05) is 58.1 Å². The van der Waals surface area contributed by atoms with Crippen molar-refractivity contribution in [2.24, 2.45) is 0 Å². The molecule has 6 rings (SSSR count). The van der Waals surface area contributed by atoms with E-state index in [0.29, 0.717) is 59.7 Å². The Bertz CT molecular complexity index is 2500. The zero-order valence-electron chi connectivity index (χ0n) is 34.5. The molecule has 0 spiro atoms. The molecular weight excluding hydrogens is 894 g/mol. The third-order valence-electron chi connectivity index (χ3n) is 7.54. The molecule has 2 amide bonds. The Morgan fingerprint density at radius 1 is 0.705 bits per heavy atom. The van der Waals surface area contributed by atoms with Gasteiger partial charge in [0.25, 0.3) is 27.9 Å². The van der Waals surface area contributed by atoms with Crippen LogP contribution >= 0.6 is 45.9 Å². The molecule has 23 heteroatoms. The highest BCUT2D eigenvalue weighted by molar-refractivity contribution is 7.84. The predicted octanol–water partition coefficient (Wildman–Crippen LogP) is 9.05. The Kier molecular flexibility index (Phi) is 19.3. The number of ether oxygens (including phenoxy) is 4. The summed E-state index contributed by atoms with van der Waals surface area (Å²) in [5.41, 5.74) is 2.74. The maximum atomic E-state index is 12.9. The van der Waals surface area contributed by atoms with Crippen molar-refractivity contribution in [3.8, 4) is 44.1 Å². The van der Waals surface area contributed by atoms with Gasteiger partial charge in [-0.05, 0) is 59.9 Å². The summed E-state index contributed by atoms with van der Waals surface area (Å²) in [6.07, 6.45) is 4.37. The number of hydrogen-bond donors (Lipinski definition) is 2. The number of aromatic nitrogens is 6. The molecule has 1 atom stereocenters. The lowest BCUT2D eigenvalue weighted by molar-refractivity contribution is -0.384. The van der Waals surface area contributed by atoms with E-state index in [4.69, 9.17) is 42.1 Å². The first-order chi connectivity index (χ1) is 29.3. The average Bonchev–Trinajstić information content (AvgIpc) is 3.93. The lowest BCUT2D eigenvalue weighted by atomic mass is 9.98. The van der Waals surface area contributed by atoms with Crippen molar-refractivity contribution in [3.05, 3.63) is 92.0 Å². The van der Waals surface area contributed by atoms with Gasteiger partial charge in [0.2, 0.25) is 10.3 Å². The highest BCUT2D eigenvalue weighted by Gasteiger charge is 2.23. The third kappa shape index (κ3) is 12.8. The van der Waals surface area contributed by atoms with Gasteiger partial charge >= 0.3 is 0 Å². The summed E-state index contributed by atoms with van der Waals surface area (Å²) in [4.78, 5) is 45.0. The van der Waals surface area contributed by atoms with Crippen molar-refractivity contribution in [2.75, 3.05) is 45.3 Å². The van der Waals surface area contributed by atoms with E-state index in [2.05, 4.69) is 41.0 Å². The number of methoxy groups -OCH3 is 4. The monoisotopic (exact) mass is 933 g/mol. The number of pyridine rings is 2. The first-order valence-corrected chi connectivity index (χ1v) is 21.7. The van der Waals surface area contributed by atoms with Gasteiger partial charge in [-0.2, -0.15) is 0 Å². The SMILES string of the molecule is CC.CC.COc1nnc(NC(=O)c2ccc([N+](=O)[O-])cc2-c2cc(Cl)ncc2OC)s1.COc1nnc(NC(=O)c2cnc(C)cc2-c2cc(Cl)c(S(C)=O)cc2OC)s1. The number of nitro benzene ring substituents is 1. The van der Waals surface area contributed by atoms with Gasteiger partial charge in [-0.15, -0.1) is 10.2 Å². The van der Waals surface area contributed by atoms with E-state index in [1.54, 1.807) is 18.2 Å². The molecule has 2 N–H and O–H groups in total. The number of amides is 2. The first kappa shape index (κ1) is 49.5. The second-order valence-corrected chi connectivity index (χ2v) is 15.1. The Morgan fingerprint density at radius 3 is 1.75 bits per heavy atom.